The molecule has 0 saturated heterocycles. The molecule has 0 amide bonds. The Hall–Kier alpha value is -2.53. The maximum Gasteiger partial charge on any atom is 0.335 e. The first-order valence-electron chi connectivity index (χ1n) is 9.79. The second-order valence-electron chi connectivity index (χ2n) is 6.70. The first-order valence-corrected chi connectivity index (χ1v) is 9.79. The Labute approximate surface area is 168 Å². The van der Waals surface area contributed by atoms with E-state index in [1.807, 2.05) is 45.3 Å². The van der Waals surface area contributed by atoms with Crippen LogP contribution in [0.5, 0.6) is 5.75 Å². The number of benzene rings is 2. The molecule has 0 aliphatic rings. The van der Waals surface area contributed by atoms with Gasteiger partial charge in [-0.25, -0.2) is 4.79 Å². The normalized spacial score (nSPS) is 11.7. The van der Waals surface area contributed by atoms with Gasteiger partial charge in [0.25, 0.3) is 0 Å². The molecule has 0 spiro atoms. The van der Waals surface area contributed by atoms with Crippen molar-refractivity contribution in [1.82, 2.24) is 0 Å². The van der Waals surface area contributed by atoms with Crippen LogP contribution in [0.3, 0.4) is 0 Å². The van der Waals surface area contributed by atoms with Crippen LogP contribution in [0, 0.1) is 0 Å². The van der Waals surface area contributed by atoms with Crippen molar-refractivity contribution >= 4 is 11.7 Å². The maximum atomic E-state index is 12.0. The predicted octanol–water partition coefficient (Wildman–Crippen LogP) is 3.88. The zero-order valence-corrected chi connectivity index (χ0v) is 17.3. The van der Waals surface area contributed by atoms with E-state index in [1.54, 1.807) is 6.92 Å². The van der Waals surface area contributed by atoms with Gasteiger partial charge in [-0.15, -0.1) is 0 Å². The summed E-state index contributed by atoms with van der Waals surface area (Å²) in [6.07, 6.45) is 0.775. The van der Waals surface area contributed by atoms with E-state index < -0.39 is 6.10 Å². The molecule has 0 heterocycles. The van der Waals surface area contributed by atoms with Gasteiger partial charge in [-0.1, -0.05) is 24.3 Å². The summed E-state index contributed by atoms with van der Waals surface area (Å²) in [6.45, 7) is 5.11. The Morgan fingerprint density at radius 1 is 0.929 bits per heavy atom. The van der Waals surface area contributed by atoms with Crippen molar-refractivity contribution in [1.29, 1.82) is 0 Å². The van der Waals surface area contributed by atoms with E-state index in [4.69, 9.17) is 14.2 Å². The van der Waals surface area contributed by atoms with Crippen molar-refractivity contribution < 1.29 is 19.0 Å². The lowest BCUT2D eigenvalue weighted by atomic mass is 10.1. The second-order valence-corrected chi connectivity index (χ2v) is 6.70. The summed E-state index contributed by atoms with van der Waals surface area (Å²) in [6, 6.07) is 16.3. The minimum absolute atomic E-state index is 0.315. The number of anilines is 1. The molecular weight excluding hydrogens is 354 g/mol. The van der Waals surface area contributed by atoms with Gasteiger partial charge in [-0.3, -0.25) is 0 Å². The van der Waals surface area contributed by atoms with Gasteiger partial charge in [0.05, 0.1) is 13.2 Å². The number of esters is 1. The lowest BCUT2D eigenvalue weighted by molar-refractivity contribution is -0.156. The van der Waals surface area contributed by atoms with Gasteiger partial charge in [-0.05, 0) is 49.2 Å². The molecule has 1 atom stereocenters. The molecule has 0 aliphatic carbocycles. The SMILES string of the molecule is CCOC(=O)C(Cc1ccc(OCCc2ccc(N(C)C)cc2)cc1)OCC. The predicted molar refractivity (Wildman–Crippen MR) is 112 cm³/mol. The molecule has 0 radical (unpaired) electrons. The number of hydrogen-bond donors (Lipinski definition) is 0. The first-order chi connectivity index (χ1) is 13.5. The monoisotopic (exact) mass is 385 g/mol. The zero-order valence-electron chi connectivity index (χ0n) is 17.3. The standard InChI is InChI=1S/C23H31NO4/c1-5-26-22(23(25)27-6-2)17-19-9-13-21(14-10-19)28-16-15-18-7-11-20(12-8-18)24(3)4/h7-14,22H,5-6,15-17H2,1-4H3. The molecule has 28 heavy (non-hydrogen) atoms. The van der Waals surface area contributed by atoms with Crippen LogP contribution in [0.4, 0.5) is 5.69 Å². The van der Waals surface area contributed by atoms with Crippen LogP contribution in [-0.2, 0) is 27.1 Å². The Morgan fingerprint density at radius 3 is 2.14 bits per heavy atom. The molecule has 0 aromatic heterocycles. The van der Waals surface area contributed by atoms with Crippen LogP contribution in [0.1, 0.15) is 25.0 Å². The van der Waals surface area contributed by atoms with E-state index in [-0.39, 0.29) is 5.97 Å². The van der Waals surface area contributed by atoms with Gasteiger partial charge in [0.15, 0.2) is 6.10 Å². The van der Waals surface area contributed by atoms with Crippen molar-refractivity contribution in [2.75, 3.05) is 38.8 Å². The minimum Gasteiger partial charge on any atom is -0.493 e. The van der Waals surface area contributed by atoms with Crippen LogP contribution >= 0.6 is 0 Å². The summed E-state index contributed by atoms with van der Waals surface area (Å²) >= 11 is 0. The van der Waals surface area contributed by atoms with E-state index >= 15 is 0 Å². The average Bonchev–Trinajstić information content (AvgIpc) is 2.69. The van der Waals surface area contributed by atoms with Gasteiger partial charge < -0.3 is 19.1 Å². The van der Waals surface area contributed by atoms with E-state index in [9.17, 15) is 4.79 Å². The van der Waals surface area contributed by atoms with Crippen LogP contribution in [-0.4, -0.2) is 46.0 Å². The smallest absolute Gasteiger partial charge is 0.335 e. The Kier molecular flexibility index (Phi) is 8.82. The van der Waals surface area contributed by atoms with Gasteiger partial charge in [-0.2, -0.15) is 0 Å². The lowest BCUT2D eigenvalue weighted by Gasteiger charge is -2.16. The van der Waals surface area contributed by atoms with E-state index in [1.165, 1.54) is 11.3 Å². The molecule has 5 heteroatoms. The maximum absolute atomic E-state index is 12.0. The zero-order chi connectivity index (χ0) is 20.4. The van der Waals surface area contributed by atoms with Crippen molar-refractivity contribution in [3.63, 3.8) is 0 Å². The van der Waals surface area contributed by atoms with Crippen LogP contribution in [0.2, 0.25) is 0 Å². The molecule has 0 saturated carbocycles. The van der Waals surface area contributed by atoms with Gasteiger partial charge in [0, 0.05) is 39.2 Å². The number of hydrogen-bond acceptors (Lipinski definition) is 5. The number of ether oxygens (including phenoxy) is 3. The fourth-order valence-electron chi connectivity index (χ4n) is 2.83. The summed E-state index contributed by atoms with van der Waals surface area (Å²) < 4.78 is 16.4. The van der Waals surface area contributed by atoms with Crippen molar-refractivity contribution in [2.45, 2.75) is 32.8 Å². The van der Waals surface area contributed by atoms with Gasteiger partial charge in [0.2, 0.25) is 0 Å². The summed E-state index contributed by atoms with van der Waals surface area (Å²) in [5, 5.41) is 0. The second kappa shape index (κ2) is 11.3. The highest BCUT2D eigenvalue weighted by atomic mass is 16.6. The highest BCUT2D eigenvalue weighted by Crippen LogP contribution is 2.16. The van der Waals surface area contributed by atoms with Crippen LogP contribution < -0.4 is 9.64 Å². The summed E-state index contributed by atoms with van der Waals surface area (Å²) in [5.74, 6) is 0.503. The van der Waals surface area contributed by atoms with E-state index in [2.05, 4.69) is 29.2 Å². The summed E-state index contributed by atoms with van der Waals surface area (Å²) in [7, 11) is 4.07. The highest BCUT2D eigenvalue weighted by molar-refractivity contribution is 5.75. The third-order valence-electron chi connectivity index (χ3n) is 4.37. The molecule has 0 aliphatic heterocycles. The molecular formula is C23H31NO4. The molecule has 1 unspecified atom stereocenters. The Balaban J connectivity index is 1.83. The minimum atomic E-state index is -0.568. The Morgan fingerprint density at radius 2 is 1.57 bits per heavy atom. The molecule has 0 N–H and O–H groups in total. The quantitative estimate of drug-likeness (QED) is 0.549. The molecule has 0 bridgehead atoms. The Bertz CT molecular complexity index is 710. The van der Waals surface area contributed by atoms with Crippen molar-refractivity contribution in [3.8, 4) is 5.75 Å². The van der Waals surface area contributed by atoms with Crippen molar-refractivity contribution in [3.05, 3.63) is 59.7 Å². The lowest BCUT2D eigenvalue weighted by Crippen LogP contribution is -2.28. The van der Waals surface area contributed by atoms with E-state index in [0.717, 1.165) is 17.7 Å². The molecule has 5 nitrogen and oxygen atoms in total. The molecule has 2 rings (SSSR count). The molecule has 2 aromatic carbocycles. The summed E-state index contributed by atoms with van der Waals surface area (Å²) in [4.78, 5) is 14.0. The number of rotatable bonds is 11. The van der Waals surface area contributed by atoms with Gasteiger partial charge in [0.1, 0.15) is 5.75 Å². The fourth-order valence-corrected chi connectivity index (χ4v) is 2.83. The summed E-state index contributed by atoms with van der Waals surface area (Å²) in [5.41, 5.74) is 3.45. The molecule has 2 aromatic rings. The van der Waals surface area contributed by atoms with Gasteiger partial charge >= 0.3 is 5.97 Å². The molecule has 0 fully saturated rings. The van der Waals surface area contributed by atoms with Crippen molar-refractivity contribution in [2.24, 2.45) is 0 Å². The number of nitrogens with zero attached hydrogens (tertiary/aromatic N) is 1. The third-order valence-corrected chi connectivity index (χ3v) is 4.37. The topological polar surface area (TPSA) is 48.0 Å². The first kappa shape index (κ1) is 21.8. The van der Waals surface area contributed by atoms with Crippen LogP contribution in [0.15, 0.2) is 48.5 Å². The third kappa shape index (κ3) is 6.89. The largest absolute Gasteiger partial charge is 0.493 e. The average molecular weight is 386 g/mol. The van der Waals surface area contributed by atoms with Crippen LogP contribution in [0.25, 0.3) is 0 Å². The van der Waals surface area contributed by atoms with E-state index in [0.29, 0.717) is 26.2 Å². The molecule has 152 valence electrons. The highest BCUT2D eigenvalue weighted by Gasteiger charge is 2.20. The number of carbonyl (C=O) groups excluding carboxylic acids is 1. The number of carbonyl (C=O) groups is 1. The fraction of sp³-hybridized carbons (Fsp3) is 0.435.